The van der Waals surface area contributed by atoms with E-state index in [2.05, 4.69) is 31.3 Å². The molecule has 2 rings (SSSR count). The Morgan fingerprint density at radius 3 is 2.95 bits per heavy atom. The summed E-state index contributed by atoms with van der Waals surface area (Å²) in [5, 5.41) is 19.7. The predicted octanol–water partition coefficient (Wildman–Crippen LogP) is 1.97. The van der Waals surface area contributed by atoms with E-state index in [9.17, 15) is 0 Å². The molecular formula is C13H14BrN5O. The van der Waals surface area contributed by atoms with Crippen molar-refractivity contribution in [3.05, 3.63) is 52.1 Å². The monoisotopic (exact) mass is 335 g/mol. The Morgan fingerprint density at radius 1 is 1.45 bits per heavy atom. The third-order valence-corrected chi connectivity index (χ3v) is 3.25. The topological polar surface area (TPSA) is 87.6 Å². The number of oxime groups is 1. The third kappa shape index (κ3) is 3.24. The predicted molar refractivity (Wildman–Crippen MR) is 80.8 cm³/mol. The molecule has 0 amide bonds. The minimum absolute atomic E-state index is 0.0102. The van der Waals surface area contributed by atoms with Crippen LogP contribution in [0.4, 0.5) is 5.82 Å². The van der Waals surface area contributed by atoms with Gasteiger partial charge in [0, 0.05) is 18.1 Å². The molecule has 0 aliphatic rings. The second-order valence-corrected chi connectivity index (χ2v) is 5.16. The molecule has 6 nitrogen and oxygen atoms in total. The molecule has 0 aliphatic carbocycles. The number of nitrogens with two attached hydrogens (primary N) is 1. The summed E-state index contributed by atoms with van der Waals surface area (Å²) in [5.74, 6) is 0.568. The fourth-order valence-electron chi connectivity index (χ4n) is 1.84. The second-order valence-electron chi connectivity index (χ2n) is 4.24. The van der Waals surface area contributed by atoms with Crippen molar-refractivity contribution in [2.75, 3.05) is 11.9 Å². The SMILES string of the molecule is CN(Cc1cccc(Br)c1)c1nnccc1/C(N)=N/O. The van der Waals surface area contributed by atoms with Crippen LogP contribution in [0.15, 0.2) is 46.2 Å². The molecule has 0 fully saturated rings. The van der Waals surface area contributed by atoms with Gasteiger partial charge in [-0.25, -0.2) is 0 Å². The summed E-state index contributed by atoms with van der Waals surface area (Å²) in [6, 6.07) is 9.63. The highest BCUT2D eigenvalue weighted by Crippen LogP contribution is 2.18. The Kier molecular flexibility index (Phi) is 4.52. The van der Waals surface area contributed by atoms with Crippen LogP contribution in [-0.4, -0.2) is 28.3 Å². The standard InChI is InChI=1S/C13H14BrN5O/c1-19(8-9-3-2-4-10(14)7-9)13-11(12(15)18-20)5-6-16-17-13/h2-7,20H,8H2,1H3,(H2,15,18). The maximum absolute atomic E-state index is 8.81. The zero-order chi connectivity index (χ0) is 14.5. The number of nitrogens with zero attached hydrogens (tertiary/aromatic N) is 4. The maximum atomic E-state index is 8.81. The van der Waals surface area contributed by atoms with Crippen LogP contribution in [0.25, 0.3) is 0 Å². The van der Waals surface area contributed by atoms with Gasteiger partial charge in [0.25, 0.3) is 0 Å². The maximum Gasteiger partial charge on any atom is 0.173 e. The smallest absolute Gasteiger partial charge is 0.173 e. The Labute approximate surface area is 125 Å². The van der Waals surface area contributed by atoms with E-state index in [1.165, 1.54) is 6.20 Å². The molecule has 7 heteroatoms. The van der Waals surface area contributed by atoms with Crippen molar-refractivity contribution in [2.45, 2.75) is 6.54 Å². The van der Waals surface area contributed by atoms with Crippen LogP contribution in [0.3, 0.4) is 0 Å². The first kappa shape index (κ1) is 14.3. The Bertz CT molecular complexity index is 632. The van der Waals surface area contributed by atoms with Gasteiger partial charge in [-0.15, -0.1) is 5.10 Å². The lowest BCUT2D eigenvalue weighted by Gasteiger charge is -2.20. The molecule has 1 heterocycles. The summed E-state index contributed by atoms with van der Waals surface area (Å²) >= 11 is 3.44. The fraction of sp³-hybridized carbons (Fsp3) is 0.154. The van der Waals surface area contributed by atoms with Gasteiger partial charge in [-0.3, -0.25) is 0 Å². The van der Waals surface area contributed by atoms with Gasteiger partial charge in [-0.1, -0.05) is 33.2 Å². The molecule has 0 saturated heterocycles. The summed E-state index contributed by atoms with van der Waals surface area (Å²) in [5.41, 5.74) is 7.30. The zero-order valence-corrected chi connectivity index (χ0v) is 12.4. The van der Waals surface area contributed by atoms with E-state index in [0.717, 1.165) is 10.0 Å². The van der Waals surface area contributed by atoms with Crippen LogP contribution in [0.2, 0.25) is 0 Å². The lowest BCUT2D eigenvalue weighted by molar-refractivity contribution is 0.318. The quantitative estimate of drug-likeness (QED) is 0.386. The van der Waals surface area contributed by atoms with E-state index in [0.29, 0.717) is 17.9 Å². The van der Waals surface area contributed by atoms with Gasteiger partial charge in [-0.05, 0) is 23.8 Å². The number of benzene rings is 1. The van der Waals surface area contributed by atoms with E-state index in [-0.39, 0.29) is 5.84 Å². The van der Waals surface area contributed by atoms with E-state index in [1.807, 2.05) is 36.2 Å². The molecule has 0 radical (unpaired) electrons. The Balaban J connectivity index is 2.28. The number of aromatic nitrogens is 2. The Hall–Kier alpha value is -2.15. The molecule has 2 aromatic rings. The first-order valence-electron chi connectivity index (χ1n) is 5.87. The van der Waals surface area contributed by atoms with Gasteiger partial charge in [0.2, 0.25) is 0 Å². The van der Waals surface area contributed by atoms with Gasteiger partial charge in [0.1, 0.15) is 0 Å². The zero-order valence-electron chi connectivity index (χ0n) is 10.9. The molecule has 0 saturated carbocycles. The van der Waals surface area contributed by atoms with Crippen LogP contribution >= 0.6 is 15.9 Å². The van der Waals surface area contributed by atoms with Crippen LogP contribution in [0.1, 0.15) is 11.1 Å². The molecule has 0 aliphatic heterocycles. The highest BCUT2D eigenvalue weighted by atomic mass is 79.9. The number of anilines is 1. The lowest BCUT2D eigenvalue weighted by Crippen LogP contribution is -2.24. The largest absolute Gasteiger partial charge is 0.409 e. The summed E-state index contributed by atoms with van der Waals surface area (Å²) in [6.07, 6.45) is 1.50. The highest BCUT2D eigenvalue weighted by Gasteiger charge is 2.13. The van der Waals surface area contributed by atoms with E-state index in [4.69, 9.17) is 10.9 Å². The van der Waals surface area contributed by atoms with Gasteiger partial charge >= 0.3 is 0 Å². The average molecular weight is 336 g/mol. The van der Waals surface area contributed by atoms with Crippen molar-refractivity contribution in [3.63, 3.8) is 0 Å². The first-order chi connectivity index (χ1) is 9.61. The number of hydrogen-bond acceptors (Lipinski definition) is 5. The number of hydrogen-bond donors (Lipinski definition) is 2. The number of amidine groups is 1. The van der Waals surface area contributed by atoms with Crippen molar-refractivity contribution in [2.24, 2.45) is 10.9 Å². The molecule has 3 N–H and O–H groups in total. The van der Waals surface area contributed by atoms with Crippen molar-refractivity contribution in [1.29, 1.82) is 0 Å². The molecule has 1 aromatic heterocycles. The van der Waals surface area contributed by atoms with E-state index < -0.39 is 0 Å². The second kappa shape index (κ2) is 6.33. The van der Waals surface area contributed by atoms with Crippen LogP contribution in [0.5, 0.6) is 0 Å². The van der Waals surface area contributed by atoms with Gasteiger partial charge < -0.3 is 15.8 Å². The van der Waals surface area contributed by atoms with Crippen molar-refractivity contribution >= 4 is 27.6 Å². The summed E-state index contributed by atoms with van der Waals surface area (Å²) < 4.78 is 1.01. The van der Waals surface area contributed by atoms with Crippen LogP contribution < -0.4 is 10.6 Å². The Morgan fingerprint density at radius 2 is 2.25 bits per heavy atom. The molecule has 0 spiro atoms. The fourth-order valence-corrected chi connectivity index (χ4v) is 2.29. The van der Waals surface area contributed by atoms with Crippen molar-refractivity contribution in [3.8, 4) is 0 Å². The van der Waals surface area contributed by atoms with Crippen molar-refractivity contribution < 1.29 is 5.21 Å². The normalized spacial score (nSPS) is 11.4. The van der Waals surface area contributed by atoms with Gasteiger partial charge in [0.15, 0.2) is 11.7 Å². The molecule has 0 atom stereocenters. The third-order valence-electron chi connectivity index (χ3n) is 2.76. The number of rotatable bonds is 4. The summed E-state index contributed by atoms with van der Waals surface area (Å²) in [4.78, 5) is 1.89. The molecule has 20 heavy (non-hydrogen) atoms. The van der Waals surface area contributed by atoms with E-state index in [1.54, 1.807) is 6.07 Å². The molecular weight excluding hydrogens is 322 g/mol. The van der Waals surface area contributed by atoms with Crippen molar-refractivity contribution in [1.82, 2.24) is 10.2 Å². The van der Waals surface area contributed by atoms with Gasteiger partial charge in [-0.2, -0.15) is 5.10 Å². The minimum atomic E-state index is 0.0102. The van der Waals surface area contributed by atoms with Gasteiger partial charge in [0.05, 0.1) is 11.8 Å². The average Bonchev–Trinajstić information content (AvgIpc) is 2.46. The lowest BCUT2D eigenvalue weighted by atomic mass is 10.2. The molecule has 1 aromatic carbocycles. The minimum Gasteiger partial charge on any atom is -0.409 e. The molecule has 104 valence electrons. The first-order valence-corrected chi connectivity index (χ1v) is 6.66. The summed E-state index contributed by atoms with van der Waals surface area (Å²) in [6.45, 7) is 0.629. The van der Waals surface area contributed by atoms with Crippen LogP contribution in [-0.2, 0) is 6.54 Å². The summed E-state index contributed by atoms with van der Waals surface area (Å²) in [7, 11) is 1.87. The van der Waals surface area contributed by atoms with Crippen LogP contribution in [0, 0.1) is 0 Å². The highest BCUT2D eigenvalue weighted by molar-refractivity contribution is 9.10. The van der Waals surface area contributed by atoms with E-state index >= 15 is 0 Å². The molecule has 0 unspecified atom stereocenters. The number of halogens is 1. The molecule has 0 bridgehead atoms.